The summed E-state index contributed by atoms with van der Waals surface area (Å²) in [5, 5.41) is 1.29. The van der Waals surface area contributed by atoms with Crippen molar-refractivity contribution in [3.05, 3.63) is 58.0 Å². The molecule has 2 aromatic carbocycles. The van der Waals surface area contributed by atoms with Crippen LogP contribution in [0.15, 0.2) is 41.2 Å². The van der Waals surface area contributed by atoms with Crippen LogP contribution in [0.2, 0.25) is 0 Å². The Balaban J connectivity index is 2.18. The number of hydrogen-bond donors (Lipinski definition) is 0. The minimum atomic E-state index is -0.122. The Hall–Kier alpha value is -3.28. The fraction of sp³-hybridized carbons (Fsp3) is 0.200. The number of aryl methyl sites for hydroxylation is 1. The normalized spacial score (nSPS) is 13.7. The second-order valence-corrected chi connectivity index (χ2v) is 6.41. The van der Waals surface area contributed by atoms with E-state index in [1.807, 2.05) is 28.8 Å². The van der Waals surface area contributed by atoms with Gasteiger partial charge in [0.15, 0.2) is 5.78 Å². The molecule has 0 bridgehead atoms. The lowest BCUT2D eigenvalue weighted by Crippen LogP contribution is -2.16. The van der Waals surface area contributed by atoms with Gasteiger partial charge in [0.05, 0.1) is 47.3 Å². The standard InChI is InChI=1S/C20H16N2O4/c1-25-11-9-15-19(17(10-11)26-2)18-14(7-8-16(18)23)21-13-6-4-3-5-12(13)20(24)22(15)21/h3-6,9-10H,7-8H2,1-2H3. The van der Waals surface area contributed by atoms with Gasteiger partial charge in [-0.25, -0.2) is 9.03 Å². The molecule has 0 unspecified atom stereocenters. The summed E-state index contributed by atoms with van der Waals surface area (Å²) in [6.07, 6.45) is 1.03. The van der Waals surface area contributed by atoms with Gasteiger partial charge in [-0.05, 0) is 18.6 Å². The third-order valence-corrected chi connectivity index (χ3v) is 5.16. The van der Waals surface area contributed by atoms with Gasteiger partial charge in [0.25, 0.3) is 5.56 Å². The fourth-order valence-corrected chi connectivity index (χ4v) is 4.05. The van der Waals surface area contributed by atoms with Crippen molar-refractivity contribution >= 4 is 27.6 Å². The van der Waals surface area contributed by atoms with Crippen LogP contribution in [0.4, 0.5) is 0 Å². The smallest absolute Gasteiger partial charge is 0.279 e. The lowest BCUT2D eigenvalue weighted by atomic mass is 10.1. The molecule has 1 aliphatic rings. The Bertz CT molecular complexity index is 1300. The number of nitrogens with zero attached hydrogens (tertiary/aromatic N) is 2. The van der Waals surface area contributed by atoms with Crippen molar-refractivity contribution in [2.75, 3.05) is 14.2 Å². The molecule has 4 aromatic rings. The number of methoxy groups -OCH3 is 2. The minimum absolute atomic E-state index is 0.0706. The molecule has 0 spiro atoms. The molecule has 26 heavy (non-hydrogen) atoms. The maximum absolute atomic E-state index is 13.2. The van der Waals surface area contributed by atoms with E-state index in [1.165, 1.54) is 0 Å². The number of carbonyl (C=O) groups excluding carboxylic acids is 1. The Morgan fingerprint density at radius 1 is 0.923 bits per heavy atom. The molecule has 0 fully saturated rings. The molecule has 6 nitrogen and oxygen atoms in total. The molecular weight excluding hydrogens is 332 g/mol. The second kappa shape index (κ2) is 5.11. The average molecular weight is 348 g/mol. The van der Waals surface area contributed by atoms with Crippen LogP contribution in [0.1, 0.15) is 22.5 Å². The number of para-hydroxylation sites is 1. The molecule has 2 aromatic heterocycles. The van der Waals surface area contributed by atoms with Gasteiger partial charge < -0.3 is 9.47 Å². The van der Waals surface area contributed by atoms with Crippen LogP contribution < -0.4 is 15.0 Å². The van der Waals surface area contributed by atoms with Crippen molar-refractivity contribution in [1.29, 1.82) is 0 Å². The molecular formula is C20H16N2O4. The molecule has 6 heteroatoms. The molecule has 0 N–H and O–H groups in total. The second-order valence-electron chi connectivity index (χ2n) is 6.41. The van der Waals surface area contributed by atoms with Gasteiger partial charge in [-0.15, -0.1) is 0 Å². The lowest BCUT2D eigenvalue weighted by Gasteiger charge is -2.15. The highest BCUT2D eigenvalue weighted by molar-refractivity contribution is 6.12. The first-order valence-electron chi connectivity index (χ1n) is 8.42. The topological polar surface area (TPSA) is 61.4 Å². The van der Waals surface area contributed by atoms with E-state index in [9.17, 15) is 9.59 Å². The molecule has 0 saturated heterocycles. The van der Waals surface area contributed by atoms with Crippen LogP contribution >= 0.6 is 0 Å². The largest absolute Gasteiger partial charge is 0.497 e. The Kier molecular flexibility index (Phi) is 2.95. The number of fused-ring (bicyclic) bond motifs is 8. The van der Waals surface area contributed by atoms with Gasteiger partial charge in [0, 0.05) is 18.6 Å². The predicted octanol–water partition coefficient (Wildman–Crippen LogP) is 2.85. The maximum Gasteiger partial charge on any atom is 0.279 e. The first-order valence-corrected chi connectivity index (χ1v) is 8.42. The van der Waals surface area contributed by atoms with E-state index in [0.29, 0.717) is 46.2 Å². The summed E-state index contributed by atoms with van der Waals surface area (Å²) in [6, 6.07) is 11.0. The molecule has 0 saturated carbocycles. The van der Waals surface area contributed by atoms with Crippen molar-refractivity contribution < 1.29 is 14.3 Å². The van der Waals surface area contributed by atoms with Crippen LogP contribution in [-0.2, 0) is 6.42 Å². The number of rotatable bonds is 2. The minimum Gasteiger partial charge on any atom is -0.497 e. The highest BCUT2D eigenvalue weighted by atomic mass is 16.5. The van der Waals surface area contributed by atoms with Crippen molar-refractivity contribution in [2.24, 2.45) is 0 Å². The van der Waals surface area contributed by atoms with Crippen LogP contribution in [0, 0.1) is 0 Å². The maximum atomic E-state index is 13.2. The van der Waals surface area contributed by atoms with Crippen molar-refractivity contribution in [2.45, 2.75) is 12.8 Å². The molecule has 5 rings (SSSR count). The van der Waals surface area contributed by atoms with Crippen molar-refractivity contribution in [3.8, 4) is 11.5 Å². The first kappa shape index (κ1) is 15.0. The van der Waals surface area contributed by atoms with E-state index in [-0.39, 0.29) is 11.3 Å². The number of benzene rings is 2. The summed E-state index contributed by atoms with van der Waals surface area (Å²) in [6.45, 7) is 0. The van der Waals surface area contributed by atoms with E-state index in [2.05, 4.69) is 0 Å². The van der Waals surface area contributed by atoms with Crippen molar-refractivity contribution in [3.63, 3.8) is 0 Å². The monoisotopic (exact) mass is 348 g/mol. The van der Waals surface area contributed by atoms with Crippen LogP contribution in [0.3, 0.4) is 0 Å². The van der Waals surface area contributed by atoms with Crippen LogP contribution in [0.5, 0.6) is 11.5 Å². The summed E-state index contributed by atoms with van der Waals surface area (Å²) in [5.74, 6) is 1.17. The summed E-state index contributed by atoms with van der Waals surface area (Å²) in [5.41, 5.74) is 2.77. The van der Waals surface area contributed by atoms with Gasteiger partial charge in [-0.1, -0.05) is 12.1 Å². The van der Waals surface area contributed by atoms with E-state index in [0.717, 1.165) is 11.2 Å². The van der Waals surface area contributed by atoms with Gasteiger partial charge >= 0.3 is 0 Å². The third-order valence-electron chi connectivity index (χ3n) is 5.16. The molecule has 2 heterocycles. The van der Waals surface area contributed by atoms with E-state index < -0.39 is 0 Å². The molecule has 0 aliphatic heterocycles. The zero-order valence-corrected chi connectivity index (χ0v) is 14.4. The van der Waals surface area contributed by atoms with Gasteiger partial charge in [-0.2, -0.15) is 0 Å². The Morgan fingerprint density at radius 2 is 1.73 bits per heavy atom. The fourth-order valence-electron chi connectivity index (χ4n) is 4.05. The third kappa shape index (κ3) is 1.71. The summed E-state index contributed by atoms with van der Waals surface area (Å²) < 4.78 is 14.4. The number of hydrogen-bond acceptors (Lipinski definition) is 4. The Morgan fingerprint density at radius 3 is 2.50 bits per heavy atom. The van der Waals surface area contributed by atoms with Gasteiger partial charge in [0.1, 0.15) is 11.5 Å². The van der Waals surface area contributed by atoms with E-state index in [4.69, 9.17) is 9.47 Å². The zero-order chi connectivity index (χ0) is 18.0. The molecule has 0 amide bonds. The van der Waals surface area contributed by atoms with Gasteiger partial charge in [0.2, 0.25) is 0 Å². The van der Waals surface area contributed by atoms with Gasteiger partial charge in [-0.3, -0.25) is 9.59 Å². The summed E-state index contributed by atoms with van der Waals surface area (Å²) >= 11 is 0. The number of aromatic nitrogens is 2. The van der Waals surface area contributed by atoms with Crippen molar-refractivity contribution in [1.82, 2.24) is 9.03 Å². The molecule has 130 valence electrons. The zero-order valence-electron chi connectivity index (χ0n) is 14.4. The summed E-state index contributed by atoms with van der Waals surface area (Å²) in [4.78, 5) is 25.9. The lowest BCUT2D eigenvalue weighted by molar-refractivity contribution is 0.0995. The average Bonchev–Trinajstić information content (AvgIpc) is 3.20. The number of ketones is 1. The van der Waals surface area contributed by atoms with E-state index in [1.54, 1.807) is 30.9 Å². The molecule has 0 radical (unpaired) electrons. The number of carbonyl (C=O) groups is 1. The highest BCUT2D eigenvalue weighted by Gasteiger charge is 2.30. The Labute approximate surface area is 148 Å². The SMILES string of the molecule is COc1cc(OC)c2c3c(n4c5ccccc5c(=O)n4c2c1)CCC3=O. The summed E-state index contributed by atoms with van der Waals surface area (Å²) in [7, 11) is 3.12. The molecule has 0 atom stereocenters. The van der Waals surface area contributed by atoms with Crippen LogP contribution in [-0.4, -0.2) is 29.0 Å². The number of ether oxygens (including phenoxy) is 2. The molecule has 1 aliphatic carbocycles. The number of Topliss-reactive ketones (excluding diaryl/α,β-unsaturated/α-hetero) is 1. The quantitative estimate of drug-likeness (QED) is 0.559. The predicted molar refractivity (Wildman–Crippen MR) is 97.9 cm³/mol. The first-order chi connectivity index (χ1) is 12.7. The highest BCUT2D eigenvalue weighted by Crippen LogP contribution is 2.38. The van der Waals surface area contributed by atoms with Crippen LogP contribution in [0.25, 0.3) is 21.8 Å². The van der Waals surface area contributed by atoms with E-state index >= 15 is 0 Å².